The van der Waals surface area contributed by atoms with Crippen LogP contribution in [0.2, 0.25) is 0 Å². The predicted molar refractivity (Wildman–Crippen MR) is 85.0 cm³/mol. The molecule has 2 rings (SSSR count). The Kier molecular flexibility index (Phi) is 4.11. The van der Waals surface area contributed by atoms with E-state index in [2.05, 4.69) is 0 Å². The number of hydrogen-bond donors (Lipinski definition) is 0. The van der Waals surface area contributed by atoms with E-state index in [-0.39, 0.29) is 9.79 Å². The maximum absolute atomic E-state index is 12.4. The van der Waals surface area contributed by atoms with Crippen molar-refractivity contribution in [1.29, 1.82) is 1.28 Å². The van der Waals surface area contributed by atoms with Crippen molar-refractivity contribution in [2.45, 2.75) is 23.6 Å². The van der Waals surface area contributed by atoms with Crippen LogP contribution in [0.25, 0.3) is 0 Å². The van der Waals surface area contributed by atoms with E-state index in [1.54, 1.807) is 38.1 Å². The zero-order valence-corrected chi connectivity index (χ0v) is 14.0. The molecular formula is C14H15O4PS2. The summed E-state index contributed by atoms with van der Waals surface area (Å²) in [7, 11) is -8.46. The van der Waals surface area contributed by atoms with E-state index in [0.29, 0.717) is 0 Å². The molecule has 0 aliphatic rings. The Morgan fingerprint density at radius 1 is 0.714 bits per heavy atom. The normalized spacial score (nSPS) is 13.2. The van der Waals surface area contributed by atoms with Gasteiger partial charge in [0, 0.05) is 0 Å². The minimum Gasteiger partial charge on any atom is -0.219 e. The second kappa shape index (κ2) is 5.87. The lowest BCUT2D eigenvalue weighted by molar-refractivity contribution is 0.607. The minimum absolute atomic E-state index is 0.144. The summed E-state index contributed by atoms with van der Waals surface area (Å²) in [5.41, 5.74) is 1.71. The molecule has 0 saturated heterocycles. The lowest BCUT2D eigenvalue weighted by Gasteiger charge is -2.07. The zero-order chi connectivity index (χ0) is 16.5. The topological polar surface area (TPSA) is 68.3 Å². The maximum Gasteiger partial charge on any atom is 0.207 e. The van der Waals surface area contributed by atoms with E-state index >= 15 is 0 Å². The third-order valence-corrected chi connectivity index (χ3v) is 10.9. The van der Waals surface area contributed by atoms with Gasteiger partial charge in [-0.2, -0.15) is 0 Å². The van der Waals surface area contributed by atoms with Crippen molar-refractivity contribution >= 4 is 25.8 Å². The Morgan fingerprint density at radius 2 is 1.00 bits per heavy atom. The highest BCUT2D eigenvalue weighted by atomic mass is 33.1. The summed E-state index contributed by atoms with van der Waals surface area (Å²) < 4.78 is 57.4. The largest absolute Gasteiger partial charge is 0.219 e. The van der Waals surface area contributed by atoms with Gasteiger partial charge in [0.15, 0.2) is 0 Å². The summed E-state index contributed by atoms with van der Waals surface area (Å²) >= 11 is 0. The first-order valence-corrected chi connectivity index (χ1v) is 11.2. The lowest BCUT2D eigenvalue weighted by Crippen LogP contribution is -2.01. The van der Waals surface area contributed by atoms with E-state index in [9.17, 15) is 16.8 Å². The summed E-state index contributed by atoms with van der Waals surface area (Å²) in [6.07, 6.45) is 0. The molecule has 0 N–H and O–H groups in total. The molecule has 0 fully saturated rings. The van der Waals surface area contributed by atoms with Gasteiger partial charge in [-0.3, -0.25) is 0 Å². The molecule has 0 bridgehead atoms. The highest BCUT2D eigenvalue weighted by Crippen LogP contribution is 2.39. The third kappa shape index (κ3) is 3.90. The molecule has 2 aromatic rings. The van der Waals surface area contributed by atoms with E-state index in [1.807, 2.05) is 0 Å². The van der Waals surface area contributed by atoms with Crippen LogP contribution in [-0.2, 0) is 18.9 Å². The van der Waals surface area contributed by atoms with Gasteiger partial charge in [-0.25, -0.2) is 16.8 Å². The van der Waals surface area contributed by atoms with Crippen LogP contribution in [0.3, 0.4) is 0 Å². The van der Waals surface area contributed by atoms with Crippen molar-refractivity contribution in [3.05, 3.63) is 59.7 Å². The molecule has 0 saturated carbocycles. The van der Waals surface area contributed by atoms with Crippen LogP contribution in [0.15, 0.2) is 58.3 Å². The number of rotatable bonds is 4. The van der Waals surface area contributed by atoms with E-state index < -0.39 is 25.8 Å². The molecule has 0 aromatic heterocycles. The summed E-state index contributed by atoms with van der Waals surface area (Å²) in [5.74, 6) is 0. The fraction of sp³-hybridized carbons (Fsp3) is 0.143. The summed E-state index contributed by atoms with van der Waals surface area (Å²) in [6.45, 7) is 0.545. The summed E-state index contributed by atoms with van der Waals surface area (Å²) in [6, 6.07) is 11.6. The van der Waals surface area contributed by atoms with Gasteiger partial charge in [-0.05, 0) is 38.1 Å². The molecule has 0 aliphatic carbocycles. The first-order valence-electron chi connectivity index (χ1n) is 6.53. The second-order valence-corrected chi connectivity index (χ2v) is 12.3. The van der Waals surface area contributed by atoms with Gasteiger partial charge >= 0.3 is 0 Å². The Hall–Kier alpha value is -1.23. The molecule has 2 aromatic carbocycles. The minimum atomic E-state index is -4.23. The van der Waals surface area contributed by atoms with Crippen molar-refractivity contribution in [2.24, 2.45) is 0 Å². The quantitative estimate of drug-likeness (QED) is 0.800. The third-order valence-electron chi connectivity index (χ3n) is 2.83. The number of aryl methyl sites for hydroxylation is 2. The SMILES string of the molecule is [2H]P(S(=O)(=O)c1ccc(C)cc1)S(=O)(=O)c1ccc(C)cc1. The molecule has 0 unspecified atom stereocenters. The number of benzene rings is 2. The highest BCUT2D eigenvalue weighted by Gasteiger charge is 2.26. The lowest BCUT2D eigenvalue weighted by atomic mass is 10.2. The smallest absolute Gasteiger partial charge is 0.207 e. The average molecular weight is 343 g/mol. The maximum atomic E-state index is 12.4. The van der Waals surface area contributed by atoms with Crippen LogP contribution in [0, 0.1) is 13.8 Å². The fourth-order valence-electron chi connectivity index (χ4n) is 1.64. The summed E-state index contributed by atoms with van der Waals surface area (Å²) in [5, 5.41) is 0. The molecule has 112 valence electrons. The van der Waals surface area contributed by atoms with Gasteiger partial charge in [0.25, 0.3) is 0 Å². The standard InChI is InChI=1S/C14H15O4PS2/c1-11-3-7-13(8-4-11)20(15,16)19-21(17,18)14-9-5-12(2)6-10-14/h3-10,19H,1-2H3/i19D. The van der Waals surface area contributed by atoms with Gasteiger partial charge in [0.2, 0.25) is 18.9 Å². The van der Waals surface area contributed by atoms with E-state index in [4.69, 9.17) is 1.28 Å². The van der Waals surface area contributed by atoms with Crippen LogP contribution in [-0.4, -0.2) is 18.1 Å². The molecule has 0 aliphatic heterocycles. The van der Waals surface area contributed by atoms with Crippen molar-refractivity contribution in [1.82, 2.24) is 0 Å². The number of hydrogen-bond acceptors (Lipinski definition) is 4. The first-order chi connectivity index (χ1) is 10.2. The average Bonchev–Trinajstić information content (AvgIpc) is 2.47. The first kappa shape index (κ1) is 14.7. The Morgan fingerprint density at radius 3 is 1.29 bits per heavy atom. The van der Waals surface area contributed by atoms with Gasteiger partial charge in [-0.1, -0.05) is 35.4 Å². The highest BCUT2D eigenvalue weighted by molar-refractivity contribution is 8.75. The summed E-state index contributed by atoms with van der Waals surface area (Å²) in [4.78, 5) is -0.287. The van der Waals surface area contributed by atoms with Crippen LogP contribution >= 0.6 is 6.93 Å². The van der Waals surface area contributed by atoms with Gasteiger partial charge in [-0.15, -0.1) is 0 Å². The van der Waals surface area contributed by atoms with Crippen molar-refractivity contribution < 1.29 is 16.8 Å². The monoisotopic (exact) mass is 343 g/mol. The molecule has 4 nitrogen and oxygen atoms in total. The fourth-order valence-corrected chi connectivity index (χ4v) is 8.92. The molecular weight excluding hydrogens is 327 g/mol. The van der Waals surface area contributed by atoms with Gasteiger partial charge in [0.05, 0.1) is 11.1 Å². The molecule has 0 spiro atoms. The van der Waals surface area contributed by atoms with Crippen LogP contribution < -0.4 is 0 Å². The Labute approximate surface area is 127 Å². The van der Waals surface area contributed by atoms with Gasteiger partial charge in [0.1, 0.15) is 6.93 Å². The van der Waals surface area contributed by atoms with Crippen molar-refractivity contribution in [3.8, 4) is 0 Å². The van der Waals surface area contributed by atoms with E-state index in [0.717, 1.165) is 11.1 Å². The van der Waals surface area contributed by atoms with Gasteiger partial charge < -0.3 is 0 Å². The zero-order valence-electron chi connectivity index (χ0n) is 12.5. The molecule has 0 radical (unpaired) electrons. The molecule has 21 heavy (non-hydrogen) atoms. The molecule has 0 amide bonds. The van der Waals surface area contributed by atoms with Crippen molar-refractivity contribution in [2.75, 3.05) is 0 Å². The van der Waals surface area contributed by atoms with Crippen LogP contribution in [0.1, 0.15) is 11.1 Å². The molecule has 0 heterocycles. The van der Waals surface area contributed by atoms with Crippen LogP contribution in [0.5, 0.6) is 0 Å². The Bertz CT molecular complexity index is 798. The molecule has 7 heteroatoms. The Balaban J connectivity index is 2.47. The van der Waals surface area contributed by atoms with Crippen LogP contribution in [0.4, 0.5) is 0 Å². The predicted octanol–water partition coefficient (Wildman–Crippen LogP) is 3.06. The molecule has 0 atom stereocenters. The second-order valence-electron chi connectivity index (χ2n) is 4.65. The van der Waals surface area contributed by atoms with Crippen molar-refractivity contribution in [3.63, 3.8) is 0 Å². The van der Waals surface area contributed by atoms with E-state index in [1.165, 1.54) is 24.3 Å².